The molecule has 0 aliphatic rings. The van der Waals surface area contributed by atoms with Gasteiger partial charge in [-0.2, -0.15) is 0 Å². The molecule has 1 aromatic carbocycles. The number of methoxy groups -OCH3 is 1. The zero-order chi connectivity index (χ0) is 13.0. The van der Waals surface area contributed by atoms with Crippen molar-refractivity contribution in [2.24, 2.45) is 0 Å². The van der Waals surface area contributed by atoms with Gasteiger partial charge in [-0.25, -0.2) is 0 Å². The van der Waals surface area contributed by atoms with Gasteiger partial charge in [0.05, 0.1) is 13.5 Å². The number of aryl methyl sites for hydroxylation is 1. The molecule has 0 bridgehead atoms. The van der Waals surface area contributed by atoms with Crippen LogP contribution in [0.2, 0.25) is 0 Å². The number of aromatic nitrogens is 1. The van der Waals surface area contributed by atoms with E-state index in [1.54, 1.807) is 19.4 Å². The first-order valence-electron chi connectivity index (χ1n) is 5.78. The van der Waals surface area contributed by atoms with Crippen LogP contribution in [-0.2, 0) is 6.42 Å². The molecule has 0 fully saturated rings. The lowest BCUT2D eigenvalue weighted by atomic mass is 10.0. The van der Waals surface area contributed by atoms with Gasteiger partial charge in [-0.1, -0.05) is 6.07 Å². The number of hydrogen-bond donors (Lipinski definition) is 0. The van der Waals surface area contributed by atoms with E-state index in [9.17, 15) is 4.79 Å². The van der Waals surface area contributed by atoms with Gasteiger partial charge in [-0.15, -0.1) is 0 Å². The predicted molar refractivity (Wildman–Crippen MR) is 70.0 cm³/mol. The predicted octanol–water partition coefficient (Wildman–Crippen LogP) is 2.82. The van der Waals surface area contributed by atoms with E-state index in [0.29, 0.717) is 12.0 Å². The lowest BCUT2D eigenvalue weighted by Gasteiger charge is -2.06. The van der Waals surface area contributed by atoms with Gasteiger partial charge in [-0.3, -0.25) is 9.78 Å². The van der Waals surface area contributed by atoms with E-state index in [-0.39, 0.29) is 5.78 Å². The minimum atomic E-state index is 0.0689. The van der Waals surface area contributed by atoms with E-state index in [4.69, 9.17) is 4.74 Å². The summed E-state index contributed by atoms with van der Waals surface area (Å²) >= 11 is 0. The highest BCUT2D eigenvalue weighted by Crippen LogP contribution is 2.19. The number of ether oxygens (including phenoxy) is 1. The summed E-state index contributed by atoms with van der Waals surface area (Å²) in [5, 5.41) is 0. The molecule has 92 valence electrons. The van der Waals surface area contributed by atoms with Crippen molar-refractivity contribution in [3.8, 4) is 5.75 Å². The van der Waals surface area contributed by atoms with E-state index in [0.717, 1.165) is 17.0 Å². The van der Waals surface area contributed by atoms with Crippen molar-refractivity contribution in [2.75, 3.05) is 7.11 Å². The third-order valence-electron chi connectivity index (χ3n) is 2.78. The van der Waals surface area contributed by atoms with Gasteiger partial charge in [0.1, 0.15) is 5.75 Å². The van der Waals surface area contributed by atoms with E-state index in [2.05, 4.69) is 4.98 Å². The highest BCUT2D eigenvalue weighted by Gasteiger charge is 2.09. The Morgan fingerprint density at radius 2 is 2.11 bits per heavy atom. The zero-order valence-electron chi connectivity index (χ0n) is 10.5. The van der Waals surface area contributed by atoms with Crippen LogP contribution in [0.3, 0.4) is 0 Å². The van der Waals surface area contributed by atoms with Crippen LogP contribution in [0.1, 0.15) is 21.6 Å². The molecule has 1 heterocycles. The number of Topliss-reactive ketones (excluding diaryl/α,β-unsaturated/α-hetero) is 1. The Balaban J connectivity index is 2.17. The van der Waals surface area contributed by atoms with Crippen LogP contribution in [-0.4, -0.2) is 17.9 Å². The Hall–Kier alpha value is -2.16. The molecule has 0 aliphatic carbocycles. The number of rotatable bonds is 4. The van der Waals surface area contributed by atoms with Gasteiger partial charge >= 0.3 is 0 Å². The van der Waals surface area contributed by atoms with E-state index >= 15 is 0 Å². The minimum absolute atomic E-state index is 0.0689. The van der Waals surface area contributed by atoms with Gasteiger partial charge < -0.3 is 4.74 Å². The molecule has 2 aromatic rings. The monoisotopic (exact) mass is 241 g/mol. The van der Waals surface area contributed by atoms with Crippen molar-refractivity contribution in [3.63, 3.8) is 0 Å². The lowest BCUT2D eigenvalue weighted by molar-refractivity contribution is 0.0992. The summed E-state index contributed by atoms with van der Waals surface area (Å²) in [6, 6.07) is 11.0. The van der Waals surface area contributed by atoms with Crippen molar-refractivity contribution in [3.05, 3.63) is 59.4 Å². The molecule has 0 amide bonds. The van der Waals surface area contributed by atoms with Crippen LogP contribution in [0.4, 0.5) is 0 Å². The molecule has 0 atom stereocenters. The molecule has 0 N–H and O–H groups in total. The molecule has 3 nitrogen and oxygen atoms in total. The number of pyridine rings is 1. The first kappa shape index (κ1) is 12.3. The van der Waals surface area contributed by atoms with Crippen molar-refractivity contribution in [1.82, 2.24) is 4.98 Å². The normalized spacial score (nSPS) is 10.1. The van der Waals surface area contributed by atoms with E-state index in [1.165, 1.54) is 0 Å². The number of ketones is 1. The topological polar surface area (TPSA) is 39.2 Å². The standard InChI is InChI=1S/C15H15NO2/c1-11-9-12(6-7-15(11)18-2)14(17)10-13-5-3-4-8-16-13/h3-9H,10H2,1-2H3. The lowest BCUT2D eigenvalue weighted by Crippen LogP contribution is -2.05. The largest absolute Gasteiger partial charge is 0.496 e. The molecule has 0 saturated carbocycles. The number of carbonyl (C=O) groups excluding carboxylic acids is 1. The number of nitrogens with zero attached hydrogens (tertiary/aromatic N) is 1. The fourth-order valence-corrected chi connectivity index (χ4v) is 1.82. The number of carbonyl (C=O) groups is 1. The molecule has 2 rings (SSSR count). The fraction of sp³-hybridized carbons (Fsp3) is 0.200. The quantitative estimate of drug-likeness (QED) is 0.773. The summed E-state index contributed by atoms with van der Waals surface area (Å²) in [6.45, 7) is 1.93. The Kier molecular flexibility index (Phi) is 3.72. The SMILES string of the molecule is COc1ccc(C(=O)Cc2ccccn2)cc1C. The maximum atomic E-state index is 12.1. The maximum absolute atomic E-state index is 12.1. The van der Waals surface area contributed by atoms with Crippen LogP contribution < -0.4 is 4.74 Å². The Morgan fingerprint density at radius 1 is 1.28 bits per heavy atom. The first-order chi connectivity index (χ1) is 8.70. The van der Waals surface area contributed by atoms with Crippen molar-refractivity contribution >= 4 is 5.78 Å². The average molecular weight is 241 g/mol. The van der Waals surface area contributed by atoms with E-state index < -0.39 is 0 Å². The molecule has 0 aliphatic heterocycles. The van der Waals surface area contributed by atoms with Crippen LogP contribution in [0.5, 0.6) is 5.75 Å². The van der Waals surface area contributed by atoms with Crippen molar-refractivity contribution in [1.29, 1.82) is 0 Å². The summed E-state index contributed by atoms with van der Waals surface area (Å²) in [6.07, 6.45) is 2.02. The van der Waals surface area contributed by atoms with Crippen LogP contribution in [0, 0.1) is 6.92 Å². The van der Waals surface area contributed by atoms with Gasteiger partial charge in [0, 0.05) is 17.5 Å². The molecule has 0 unspecified atom stereocenters. The van der Waals surface area contributed by atoms with Gasteiger partial charge in [-0.05, 0) is 42.8 Å². The van der Waals surface area contributed by atoms with Crippen molar-refractivity contribution < 1.29 is 9.53 Å². The average Bonchev–Trinajstić information content (AvgIpc) is 2.39. The molecule has 18 heavy (non-hydrogen) atoms. The molecular formula is C15H15NO2. The summed E-state index contributed by atoms with van der Waals surface area (Å²) in [7, 11) is 1.62. The molecule has 3 heteroatoms. The van der Waals surface area contributed by atoms with Crippen LogP contribution >= 0.6 is 0 Å². The summed E-state index contributed by atoms with van der Waals surface area (Å²) in [4.78, 5) is 16.2. The van der Waals surface area contributed by atoms with Crippen LogP contribution in [0.15, 0.2) is 42.6 Å². The second kappa shape index (κ2) is 5.45. The fourth-order valence-electron chi connectivity index (χ4n) is 1.82. The summed E-state index contributed by atoms with van der Waals surface area (Å²) in [5.74, 6) is 0.865. The second-order valence-electron chi connectivity index (χ2n) is 4.11. The third kappa shape index (κ3) is 2.74. The smallest absolute Gasteiger partial charge is 0.168 e. The van der Waals surface area contributed by atoms with Crippen LogP contribution in [0.25, 0.3) is 0 Å². The zero-order valence-corrected chi connectivity index (χ0v) is 10.5. The summed E-state index contributed by atoms with van der Waals surface area (Å²) in [5.41, 5.74) is 2.44. The van der Waals surface area contributed by atoms with Gasteiger partial charge in [0.25, 0.3) is 0 Å². The minimum Gasteiger partial charge on any atom is -0.496 e. The second-order valence-corrected chi connectivity index (χ2v) is 4.11. The third-order valence-corrected chi connectivity index (χ3v) is 2.78. The number of hydrogen-bond acceptors (Lipinski definition) is 3. The Morgan fingerprint density at radius 3 is 2.72 bits per heavy atom. The molecular weight excluding hydrogens is 226 g/mol. The maximum Gasteiger partial charge on any atom is 0.168 e. The van der Waals surface area contributed by atoms with E-state index in [1.807, 2.05) is 37.3 Å². The molecule has 1 aromatic heterocycles. The van der Waals surface area contributed by atoms with Gasteiger partial charge in [0.15, 0.2) is 5.78 Å². The Bertz CT molecular complexity index is 550. The Labute approximate surface area is 106 Å². The first-order valence-corrected chi connectivity index (χ1v) is 5.78. The van der Waals surface area contributed by atoms with Gasteiger partial charge in [0.2, 0.25) is 0 Å². The highest BCUT2D eigenvalue weighted by molar-refractivity contribution is 5.97. The highest BCUT2D eigenvalue weighted by atomic mass is 16.5. The summed E-state index contributed by atoms with van der Waals surface area (Å²) < 4.78 is 5.17. The number of benzene rings is 1. The van der Waals surface area contributed by atoms with Crippen molar-refractivity contribution in [2.45, 2.75) is 13.3 Å². The molecule has 0 saturated heterocycles. The molecule has 0 radical (unpaired) electrons. The molecule has 0 spiro atoms.